The first-order chi connectivity index (χ1) is 6.86. The Balaban J connectivity index is 1.81. The topological polar surface area (TPSA) is 66.7 Å². The molecule has 0 saturated heterocycles. The molecule has 2 aromatic heterocycles. The van der Waals surface area contributed by atoms with E-state index in [4.69, 9.17) is 5.73 Å². The molecule has 2 rings (SSSR count). The highest BCUT2D eigenvalue weighted by molar-refractivity contribution is 7.09. The van der Waals surface area contributed by atoms with Crippen LogP contribution in [0.4, 0.5) is 11.5 Å². The summed E-state index contributed by atoms with van der Waals surface area (Å²) in [6, 6.07) is 4.19. The summed E-state index contributed by atoms with van der Waals surface area (Å²) in [6.07, 6.45) is 2.71. The molecule has 74 valence electrons. The molecule has 0 amide bonds. The van der Waals surface area contributed by atoms with Gasteiger partial charge >= 0.3 is 0 Å². The largest absolute Gasteiger partial charge is 0.382 e. The van der Waals surface area contributed by atoms with E-state index in [2.05, 4.69) is 33.0 Å². The smallest absolute Gasteiger partial charge is 0.142 e. The molecule has 2 aromatic rings. The Kier molecular flexibility index (Phi) is 2.69. The predicted molar refractivity (Wildman–Crippen MR) is 59.5 cm³/mol. The SMILES string of the molecule is Nc1[nH]ncc1NCCc1cccs1. The van der Waals surface area contributed by atoms with E-state index < -0.39 is 0 Å². The molecule has 0 atom stereocenters. The molecule has 0 saturated carbocycles. The number of aromatic nitrogens is 2. The number of hydrogen-bond donors (Lipinski definition) is 3. The molecule has 2 heterocycles. The molecule has 5 heteroatoms. The lowest BCUT2D eigenvalue weighted by molar-refractivity contribution is 1.05. The van der Waals surface area contributed by atoms with Crippen LogP contribution in [0.15, 0.2) is 23.7 Å². The lowest BCUT2D eigenvalue weighted by atomic mass is 10.3. The number of thiophene rings is 1. The van der Waals surface area contributed by atoms with Crippen molar-refractivity contribution in [3.63, 3.8) is 0 Å². The highest BCUT2D eigenvalue weighted by Crippen LogP contribution is 2.14. The van der Waals surface area contributed by atoms with Gasteiger partial charge in [0.25, 0.3) is 0 Å². The number of nitrogen functional groups attached to an aromatic ring is 1. The minimum Gasteiger partial charge on any atom is -0.382 e. The summed E-state index contributed by atoms with van der Waals surface area (Å²) < 4.78 is 0. The number of nitrogens with two attached hydrogens (primary N) is 1. The number of nitrogens with zero attached hydrogens (tertiary/aromatic N) is 1. The second kappa shape index (κ2) is 4.15. The zero-order valence-corrected chi connectivity index (χ0v) is 8.47. The second-order valence-corrected chi connectivity index (χ2v) is 3.99. The average Bonchev–Trinajstić information content (AvgIpc) is 2.78. The lowest BCUT2D eigenvalue weighted by Gasteiger charge is -2.02. The molecule has 0 aliphatic rings. The third-order valence-corrected chi connectivity index (χ3v) is 2.87. The molecule has 4 nitrogen and oxygen atoms in total. The molecular weight excluding hydrogens is 196 g/mol. The van der Waals surface area contributed by atoms with Crippen LogP contribution >= 0.6 is 11.3 Å². The number of aromatic amines is 1. The molecule has 0 unspecified atom stereocenters. The van der Waals surface area contributed by atoms with Crippen LogP contribution in [0, 0.1) is 0 Å². The molecule has 0 aliphatic carbocycles. The van der Waals surface area contributed by atoms with Gasteiger partial charge in [0, 0.05) is 11.4 Å². The zero-order valence-electron chi connectivity index (χ0n) is 7.66. The van der Waals surface area contributed by atoms with E-state index >= 15 is 0 Å². The minimum atomic E-state index is 0.594. The number of H-pyrrole nitrogens is 1. The van der Waals surface area contributed by atoms with Gasteiger partial charge in [0.15, 0.2) is 0 Å². The van der Waals surface area contributed by atoms with Gasteiger partial charge in [0.2, 0.25) is 0 Å². The minimum absolute atomic E-state index is 0.594. The van der Waals surface area contributed by atoms with Gasteiger partial charge in [-0.1, -0.05) is 6.07 Å². The maximum Gasteiger partial charge on any atom is 0.142 e. The molecule has 4 N–H and O–H groups in total. The van der Waals surface area contributed by atoms with Crippen LogP contribution in [-0.2, 0) is 6.42 Å². The summed E-state index contributed by atoms with van der Waals surface area (Å²) in [5, 5.41) is 11.8. The van der Waals surface area contributed by atoms with Crippen molar-refractivity contribution < 1.29 is 0 Å². The van der Waals surface area contributed by atoms with Crippen molar-refractivity contribution in [1.82, 2.24) is 10.2 Å². The second-order valence-electron chi connectivity index (χ2n) is 2.95. The van der Waals surface area contributed by atoms with Gasteiger partial charge in [-0.2, -0.15) is 5.10 Å². The first-order valence-corrected chi connectivity index (χ1v) is 5.29. The molecular formula is C9H12N4S. The van der Waals surface area contributed by atoms with Gasteiger partial charge in [0.1, 0.15) is 5.82 Å². The maximum absolute atomic E-state index is 5.62. The molecule has 0 bridgehead atoms. The average molecular weight is 208 g/mol. The maximum atomic E-state index is 5.62. The molecule has 0 fully saturated rings. The highest BCUT2D eigenvalue weighted by Gasteiger charge is 1.99. The van der Waals surface area contributed by atoms with Crippen LogP contribution in [0.2, 0.25) is 0 Å². The third-order valence-electron chi connectivity index (χ3n) is 1.94. The van der Waals surface area contributed by atoms with Crippen molar-refractivity contribution in [2.45, 2.75) is 6.42 Å². The molecule has 0 aromatic carbocycles. The van der Waals surface area contributed by atoms with Gasteiger partial charge < -0.3 is 11.1 Å². The van der Waals surface area contributed by atoms with Crippen molar-refractivity contribution in [1.29, 1.82) is 0 Å². The van der Waals surface area contributed by atoms with Gasteiger partial charge in [0.05, 0.1) is 11.9 Å². The van der Waals surface area contributed by atoms with Crippen LogP contribution in [0.1, 0.15) is 4.88 Å². The number of nitrogens with one attached hydrogen (secondary N) is 2. The van der Waals surface area contributed by atoms with Gasteiger partial charge in [-0.15, -0.1) is 11.3 Å². The van der Waals surface area contributed by atoms with E-state index in [0.29, 0.717) is 5.82 Å². The highest BCUT2D eigenvalue weighted by atomic mass is 32.1. The van der Waals surface area contributed by atoms with Crippen LogP contribution in [0.3, 0.4) is 0 Å². The van der Waals surface area contributed by atoms with Gasteiger partial charge in [-0.05, 0) is 17.9 Å². The summed E-state index contributed by atoms with van der Waals surface area (Å²) in [5.74, 6) is 0.594. The monoisotopic (exact) mass is 208 g/mol. The fourth-order valence-electron chi connectivity index (χ4n) is 1.21. The normalized spacial score (nSPS) is 10.3. The molecule has 0 radical (unpaired) electrons. The summed E-state index contributed by atoms with van der Waals surface area (Å²) in [4.78, 5) is 1.37. The van der Waals surface area contributed by atoms with Gasteiger partial charge in [-0.25, -0.2) is 0 Å². The van der Waals surface area contributed by atoms with Crippen molar-refractivity contribution in [3.8, 4) is 0 Å². The Morgan fingerprint density at radius 2 is 2.50 bits per heavy atom. The van der Waals surface area contributed by atoms with Gasteiger partial charge in [-0.3, -0.25) is 5.10 Å². The zero-order chi connectivity index (χ0) is 9.80. The van der Waals surface area contributed by atoms with Crippen molar-refractivity contribution in [2.24, 2.45) is 0 Å². The Hall–Kier alpha value is -1.49. The lowest BCUT2D eigenvalue weighted by Crippen LogP contribution is -2.04. The van der Waals surface area contributed by atoms with Crippen LogP contribution in [-0.4, -0.2) is 16.7 Å². The Morgan fingerprint density at radius 1 is 1.57 bits per heavy atom. The molecule has 14 heavy (non-hydrogen) atoms. The number of rotatable bonds is 4. The fourth-order valence-corrected chi connectivity index (χ4v) is 1.92. The van der Waals surface area contributed by atoms with Crippen molar-refractivity contribution in [2.75, 3.05) is 17.6 Å². The van der Waals surface area contributed by atoms with Crippen LogP contribution in [0.5, 0.6) is 0 Å². The standard InChI is InChI=1S/C9H12N4S/c10-9-8(6-12-13-9)11-4-3-7-2-1-5-14-7/h1-2,5-6,11H,3-4H2,(H3,10,12,13). The first kappa shape index (κ1) is 9.08. The third kappa shape index (κ3) is 2.05. The van der Waals surface area contributed by atoms with E-state index in [-0.39, 0.29) is 0 Å². The Bertz CT molecular complexity index is 379. The fraction of sp³-hybridized carbons (Fsp3) is 0.222. The van der Waals surface area contributed by atoms with E-state index in [1.54, 1.807) is 17.5 Å². The Labute approximate surface area is 86.1 Å². The van der Waals surface area contributed by atoms with Crippen LogP contribution in [0.25, 0.3) is 0 Å². The summed E-state index contributed by atoms with van der Waals surface area (Å²) in [7, 11) is 0. The Morgan fingerprint density at radius 3 is 3.14 bits per heavy atom. The number of hydrogen-bond acceptors (Lipinski definition) is 4. The summed E-state index contributed by atoms with van der Waals surface area (Å²) >= 11 is 1.77. The van der Waals surface area contributed by atoms with Crippen molar-refractivity contribution in [3.05, 3.63) is 28.6 Å². The van der Waals surface area contributed by atoms with E-state index in [0.717, 1.165) is 18.7 Å². The van der Waals surface area contributed by atoms with Crippen LogP contribution < -0.4 is 11.1 Å². The van der Waals surface area contributed by atoms with E-state index in [9.17, 15) is 0 Å². The summed E-state index contributed by atoms with van der Waals surface area (Å²) in [5.41, 5.74) is 6.50. The van der Waals surface area contributed by atoms with Crippen molar-refractivity contribution >= 4 is 22.8 Å². The van der Waals surface area contributed by atoms with E-state index in [1.165, 1.54) is 4.88 Å². The summed E-state index contributed by atoms with van der Waals surface area (Å²) in [6.45, 7) is 0.879. The van der Waals surface area contributed by atoms with E-state index in [1.807, 2.05) is 0 Å². The first-order valence-electron chi connectivity index (χ1n) is 4.41. The number of anilines is 2. The molecule has 0 aliphatic heterocycles. The predicted octanol–water partition coefficient (Wildman–Crippen LogP) is 1.71. The molecule has 0 spiro atoms. The quantitative estimate of drug-likeness (QED) is 0.716.